The largest absolute Gasteiger partial charge is 0.394 e. The van der Waals surface area contributed by atoms with Crippen molar-refractivity contribution in [1.29, 1.82) is 0 Å². The summed E-state index contributed by atoms with van der Waals surface area (Å²) in [7, 11) is 0. The molecule has 1 rings (SSSR count). The van der Waals surface area contributed by atoms with Gasteiger partial charge in [-0.25, -0.2) is 0 Å². The number of halogens is 1. The highest BCUT2D eigenvalue weighted by atomic mass is 35.5. The zero-order valence-corrected chi connectivity index (χ0v) is 3.85. The molecule has 6 heavy (non-hydrogen) atoms. The number of oxime groups is 1. The van der Waals surface area contributed by atoms with Crippen LogP contribution in [0.15, 0.2) is 5.16 Å². The third kappa shape index (κ3) is 0.627. The number of rotatable bonds is 0. The van der Waals surface area contributed by atoms with Gasteiger partial charge in [-0.15, -0.1) is 11.6 Å². The monoisotopic (exact) mass is 105 g/mol. The van der Waals surface area contributed by atoms with Crippen LogP contribution in [-0.4, -0.2) is 18.2 Å². The summed E-state index contributed by atoms with van der Waals surface area (Å²) in [5.41, 5.74) is 0. The Labute approximate surface area is 40.7 Å². The smallest absolute Gasteiger partial charge is 0.138 e. The lowest BCUT2D eigenvalue weighted by molar-refractivity contribution is 0.175. The average molecular weight is 106 g/mol. The van der Waals surface area contributed by atoms with Gasteiger partial charge in [0, 0.05) is 0 Å². The molecule has 1 aliphatic heterocycles. The van der Waals surface area contributed by atoms with Crippen LogP contribution in [0.25, 0.3) is 0 Å². The van der Waals surface area contributed by atoms with E-state index in [1.807, 2.05) is 0 Å². The second kappa shape index (κ2) is 1.47. The molecule has 0 fully saturated rings. The van der Waals surface area contributed by atoms with Crippen LogP contribution in [0.4, 0.5) is 0 Å². The summed E-state index contributed by atoms with van der Waals surface area (Å²) < 4.78 is 0. The van der Waals surface area contributed by atoms with Crippen LogP contribution in [0.5, 0.6) is 0 Å². The van der Waals surface area contributed by atoms with E-state index in [2.05, 4.69) is 9.99 Å². The van der Waals surface area contributed by atoms with Crippen LogP contribution < -0.4 is 0 Å². The molecule has 0 N–H and O–H groups in total. The van der Waals surface area contributed by atoms with Gasteiger partial charge in [-0.1, -0.05) is 5.16 Å². The van der Waals surface area contributed by atoms with Crippen molar-refractivity contribution in [2.45, 2.75) is 5.38 Å². The van der Waals surface area contributed by atoms with E-state index in [0.29, 0.717) is 6.61 Å². The number of nitrogens with zero attached hydrogens (tertiary/aromatic N) is 1. The second-order valence-electron chi connectivity index (χ2n) is 1.07. The first kappa shape index (κ1) is 3.93. The minimum Gasteiger partial charge on any atom is -0.394 e. The molecular weight excluding hydrogens is 101 g/mol. The predicted molar refractivity (Wildman–Crippen MR) is 24.1 cm³/mol. The molecule has 2 nitrogen and oxygen atoms in total. The molecule has 1 unspecified atom stereocenters. The van der Waals surface area contributed by atoms with E-state index in [4.69, 9.17) is 11.6 Å². The summed E-state index contributed by atoms with van der Waals surface area (Å²) in [5, 5.41) is 3.41. The van der Waals surface area contributed by atoms with Crippen molar-refractivity contribution in [3.8, 4) is 0 Å². The summed E-state index contributed by atoms with van der Waals surface area (Å²) in [6.45, 7) is 0.529. The molecule has 0 radical (unpaired) electrons. The highest BCUT2D eigenvalue weighted by Gasteiger charge is 2.04. The van der Waals surface area contributed by atoms with Crippen molar-refractivity contribution in [2.24, 2.45) is 5.16 Å². The number of hydrogen-bond donors (Lipinski definition) is 0. The quantitative estimate of drug-likeness (QED) is 0.414. The molecule has 0 aliphatic carbocycles. The second-order valence-corrected chi connectivity index (χ2v) is 1.63. The standard InChI is InChI=1S/C3H4ClNO/c4-3-1-5-6-2-3/h1,3H,2H2. The van der Waals surface area contributed by atoms with Crippen molar-refractivity contribution in [2.75, 3.05) is 6.61 Å². The number of hydrogen-bond acceptors (Lipinski definition) is 2. The van der Waals surface area contributed by atoms with Gasteiger partial charge < -0.3 is 4.84 Å². The summed E-state index contributed by atoms with van der Waals surface area (Å²) in [4.78, 5) is 4.49. The van der Waals surface area contributed by atoms with Crippen LogP contribution in [-0.2, 0) is 4.84 Å². The maximum atomic E-state index is 5.44. The van der Waals surface area contributed by atoms with E-state index < -0.39 is 0 Å². The predicted octanol–water partition coefficient (Wildman–Crippen LogP) is 0.610. The lowest BCUT2D eigenvalue weighted by atomic mass is 10.5. The molecule has 0 bridgehead atoms. The Hall–Kier alpha value is -0.240. The van der Waals surface area contributed by atoms with Gasteiger partial charge in [-0.2, -0.15) is 0 Å². The summed E-state index contributed by atoms with van der Waals surface area (Å²) in [5.74, 6) is 0. The Morgan fingerprint density at radius 1 is 2.00 bits per heavy atom. The lowest BCUT2D eigenvalue weighted by Gasteiger charge is -1.84. The summed E-state index contributed by atoms with van der Waals surface area (Å²) in [6.07, 6.45) is 1.57. The Balaban J connectivity index is 2.38. The molecule has 1 heterocycles. The van der Waals surface area contributed by atoms with Gasteiger partial charge >= 0.3 is 0 Å². The maximum Gasteiger partial charge on any atom is 0.138 e. The summed E-state index contributed by atoms with van der Waals surface area (Å²) >= 11 is 5.44. The third-order valence-corrected chi connectivity index (χ3v) is 0.770. The molecule has 0 saturated carbocycles. The Morgan fingerprint density at radius 2 is 2.83 bits per heavy atom. The Kier molecular flexibility index (Phi) is 0.965. The van der Waals surface area contributed by atoms with Gasteiger partial charge in [-0.3, -0.25) is 0 Å². The van der Waals surface area contributed by atoms with E-state index >= 15 is 0 Å². The first-order chi connectivity index (χ1) is 2.89. The van der Waals surface area contributed by atoms with Crippen molar-refractivity contribution >= 4 is 17.8 Å². The fourth-order valence-corrected chi connectivity index (χ4v) is 0.369. The number of alkyl halides is 1. The van der Waals surface area contributed by atoms with Crippen molar-refractivity contribution < 1.29 is 4.84 Å². The molecule has 0 spiro atoms. The molecule has 0 amide bonds. The molecule has 0 aromatic carbocycles. The molecule has 0 saturated heterocycles. The van der Waals surface area contributed by atoms with E-state index in [0.717, 1.165) is 0 Å². The topological polar surface area (TPSA) is 21.6 Å². The van der Waals surface area contributed by atoms with Crippen LogP contribution in [0, 0.1) is 0 Å². The van der Waals surface area contributed by atoms with Gasteiger partial charge in [0.05, 0.1) is 6.21 Å². The van der Waals surface area contributed by atoms with E-state index in [-0.39, 0.29) is 5.38 Å². The van der Waals surface area contributed by atoms with Crippen molar-refractivity contribution in [3.05, 3.63) is 0 Å². The van der Waals surface area contributed by atoms with Gasteiger partial charge in [0.1, 0.15) is 12.0 Å². The van der Waals surface area contributed by atoms with Gasteiger partial charge in [0.2, 0.25) is 0 Å². The Morgan fingerprint density at radius 3 is 3.00 bits per heavy atom. The highest BCUT2D eigenvalue weighted by Crippen LogP contribution is 1.98. The molecule has 3 heteroatoms. The minimum absolute atomic E-state index is 0.00463. The molecular formula is C3H4ClNO. The molecule has 0 aromatic heterocycles. The van der Waals surface area contributed by atoms with Crippen LogP contribution in [0.3, 0.4) is 0 Å². The zero-order chi connectivity index (χ0) is 4.41. The van der Waals surface area contributed by atoms with Crippen LogP contribution in [0.2, 0.25) is 0 Å². The van der Waals surface area contributed by atoms with Crippen LogP contribution in [0.1, 0.15) is 0 Å². The normalized spacial score (nSPS) is 30.5. The van der Waals surface area contributed by atoms with Crippen molar-refractivity contribution in [3.63, 3.8) is 0 Å². The van der Waals surface area contributed by atoms with Gasteiger partial charge in [0.25, 0.3) is 0 Å². The maximum absolute atomic E-state index is 5.44. The van der Waals surface area contributed by atoms with E-state index in [1.54, 1.807) is 6.21 Å². The third-order valence-electron chi connectivity index (χ3n) is 0.531. The summed E-state index contributed by atoms with van der Waals surface area (Å²) in [6, 6.07) is 0. The highest BCUT2D eigenvalue weighted by molar-refractivity contribution is 6.28. The lowest BCUT2D eigenvalue weighted by Crippen LogP contribution is -1.97. The fraction of sp³-hybridized carbons (Fsp3) is 0.667. The first-order valence-electron chi connectivity index (χ1n) is 1.69. The average Bonchev–Trinajstić information content (AvgIpc) is 1.86. The molecule has 0 aromatic rings. The molecule has 34 valence electrons. The van der Waals surface area contributed by atoms with E-state index in [9.17, 15) is 0 Å². The van der Waals surface area contributed by atoms with Crippen molar-refractivity contribution in [1.82, 2.24) is 0 Å². The zero-order valence-electron chi connectivity index (χ0n) is 3.10. The van der Waals surface area contributed by atoms with Gasteiger partial charge in [-0.05, 0) is 0 Å². The minimum atomic E-state index is 0.00463. The first-order valence-corrected chi connectivity index (χ1v) is 2.13. The van der Waals surface area contributed by atoms with Gasteiger partial charge in [0.15, 0.2) is 0 Å². The Bertz CT molecular complexity index is 73.2. The SMILES string of the molecule is ClC1C=NOC1. The van der Waals surface area contributed by atoms with E-state index in [1.165, 1.54) is 0 Å². The fourth-order valence-electron chi connectivity index (χ4n) is 0.266. The van der Waals surface area contributed by atoms with Crippen LogP contribution >= 0.6 is 11.6 Å². The molecule has 1 atom stereocenters. The molecule has 1 aliphatic rings.